The van der Waals surface area contributed by atoms with Crippen LogP contribution in [0.4, 0.5) is 0 Å². The van der Waals surface area contributed by atoms with Crippen molar-refractivity contribution >= 4 is 17.7 Å². The fourth-order valence-corrected chi connectivity index (χ4v) is 4.12. The van der Waals surface area contributed by atoms with E-state index in [2.05, 4.69) is 54.7 Å². The summed E-state index contributed by atoms with van der Waals surface area (Å²) in [6.45, 7) is 8.66. The van der Waals surface area contributed by atoms with Crippen molar-refractivity contribution in [1.29, 1.82) is 0 Å². The number of carbonyl (C=O) groups excluding carboxylic acids is 1. The van der Waals surface area contributed by atoms with Gasteiger partial charge in [-0.25, -0.2) is 4.98 Å². The van der Waals surface area contributed by atoms with Gasteiger partial charge < -0.3 is 9.88 Å². The standard InChI is InChI=1S/C20H27N3OS/c1-14-12-16(14)18(15-8-6-5-7-9-15)22-17(24)13-25-19-21-10-11-23(19)20(2,3)4/h5-11,14,16,18H,12-13H2,1-4H3,(H,22,24). The first-order valence-electron chi connectivity index (χ1n) is 8.87. The van der Waals surface area contributed by atoms with Crippen molar-refractivity contribution in [2.45, 2.75) is 50.9 Å². The lowest BCUT2D eigenvalue weighted by molar-refractivity contribution is -0.119. The van der Waals surface area contributed by atoms with Gasteiger partial charge >= 0.3 is 0 Å². The predicted octanol–water partition coefficient (Wildman–Crippen LogP) is 4.24. The van der Waals surface area contributed by atoms with Crippen LogP contribution in [0, 0.1) is 11.8 Å². The van der Waals surface area contributed by atoms with Gasteiger partial charge in [-0.15, -0.1) is 0 Å². The van der Waals surface area contributed by atoms with Crippen molar-refractivity contribution < 1.29 is 4.79 Å². The fourth-order valence-electron chi connectivity index (χ4n) is 3.17. The van der Waals surface area contributed by atoms with E-state index in [-0.39, 0.29) is 17.5 Å². The molecule has 134 valence electrons. The van der Waals surface area contributed by atoms with Gasteiger partial charge in [0.1, 0.15) is 0 Å². The van der Waals surface area contributed by atoms with Crippen LogP contribution in [0.2, 0.25) is 0 Å². The molecule has 3 atom stereocenters. The lowest BCUT2D eigenvalue weighted by Gasteiger charge is -2.23. The molecule has 3 unspecified atom stereocenters. The van der Waals surface area contributed by atoms with Crippen molar-refractivity contribution in [3.63, 3.8) is 0 Å². The molecule has 1 heterocycles. The summed E-state index contributed by atoms with van der Waals surface area (Å²) < 4.78 is 2.11. The van der Waals surface area contributed by atoms with Crippen molar-refractivity contribution in [1.82, 2.24) is 14.9 Å². The van der Waals surface area contributed by atoms with Crippen LogP contribution < -0.4 is 5.32 Å². The Labute approximate surface area is 154 Å². The molecule has 0 radical (unpaired) electrons. The highest BCUT2D eigenvalue weighted by atomic mass is 32.2. The second kappa shape index (κ2) is 7.24. The van der Waals surface area contributed by atoms with Crippen LogP contribution >= 0.6 is 11.8 Å². The van der Waals surface area contributed by atoms with Crippen LogP contribution in [0.25, 0.3) is 0 Å². The van der Waals surface area contributed by atoms with Crippen LogP contribution in [0.5, 0.6) is 0 Å². The normalized spacial score (nSPS) is 21.0. The Morgan fingerprint density at radius 3 is 2.64 bits per heavy atom. The van der Waals surface area contributed by atoms with E-state index in [9.17, 15) is 4.79 Å². The van der Waals surface area contributed by atoms with Gasteiger partial charge in [0.05, 0.1) is 11.8 Å². The van der Waals surface area contributed by atoms with Crippen molar-refractivity contribution in [3.05, 3.63) is 48.3 Å². The minimum atomic E-state index is -0.0364. The van der Waals surface area contributed by atoms with Crippen LogP contribution in [0.1, 0.15) is 45.7 Å². The highest BCUT2D eigenvalue weighted by Crippen LogP contribution is 2.46. The maximum Gasteiger partial charge on any atom is 0.230 e. The molecule has 1 saturated carbocycles. The molecule has 1 aliphatic carbocycles. The van der Waals surface area contributed by atoms with E-state index in [1.807, 2.05) is 24.4 Å². The van der Waals surface area contributed by atoms with Crippen molar-refractivity contribution in [3.8, 4) is 0 Å². The molecule has 0 saturated heterocycles. The van der Waals surface area contributed by atoms with Gasteiger partial charge in [-0.05, 0) is 44.6 Å². The lowest BCUT2D eigenvalue weighted by Crippen LogP contribution is -2.32. The maximum atomic E-state index is 12.6. The number of aromatic nitrogens is 2. The molecular weight excluding hydrogens is 330 g/mol. The molecule has 1 aromatic carbocycles. The number of thioether (sulfide) groups is 1. The second-order valence-corrected chi connectivity index (χ2v) is 8.81. The number of rotatable bonds is 6. The van der Waals surface area contributed by atoms with Gasteiger partial charge in [0, 0.05) is 17.9 Å². The quantitative estimate of drug-likeness (QED) is 0.787. The van der Waals surface area contributed by atoms with E-state index in [0.29, 0.717) is 17.6 Å². The summed E-state index contributed by atoms with van der Waals surface area (Å²) in [5.74, 6) is 1.68. The Bertz CT molecular complexity index is 720. The van der Waals surface area contributed by atoms with Gasteiger partial charge in [0.25, 0.3) is 0 Å². The SMILES string of the molecule is CC1CC1C(NC(=O)CSc1nccn1C(C)(C)C)c1ccccc1. The first-order valence-corrected chi connectivity index (χ1v) is 9.86. The monoisotopic (exact) mass is 357 g/mol. The van der Waals surface area contributed by atoms with Crippen LogP contribution in [0.15, 0.2) is 47.9 Å². The zero-order valence-electron chi connectivity index (χ0n) is 15.4. The number of benzene rings is 1. The van der Waals surface area contributed by atoms with Gasteiger partial charge in [0.2, 0.25) is 5.91 Å². The van der Waals surface area contributed by atoms with E-state index >= 15 is 0 Å². The van der Waals surface area contributed by atoms with Crippen LogP contribution in [0.3, 0.4) is 0 Å². The molecule has 0 aliphatic heterocycles. The maximum absolute atomic E-state index is 12.6. The summed E-state index contributed by atoms with van der Waals surface area (Å²) >= 11 is 1.50. The third-order valence-corrected chi connectivity index (χ3v) is 5.70. The molecule has 3 rings (SSSR count). The molecule has 4 nitrogen and oxygen atoms in total. The lowest BCUT2D eigenvalue weighted by atomic mass is 10.0. The summed E-state index contributed by atoms with van der Waals surface area (Å²) in [5, 5.41) is 4.14. The molecular formula is C20H27N3OS. The van der Waals surface area contributed by atoms with Crippen molar-refractivity contribution in [2.75, 3.05) is 5.75 Å². The summed E-state index contributed by atoms with van der Waals surface area (Å²) in [5.41, 5.74) is 1.16. The Balaban J connectivity index is 1.62. The molecule has 25 heavy (non-hydrogen) atoms. The van der Waals surface area contributed by atoms with E-state index < -0.39 is 0 Å². The first kappa shape index (κ1) is 18.1. The number of imidazole rings is 1. The first-order chi connectivity index (χ1) is 11.9. The number of hydrogen-bond donors (Lipinski definition) is 1. The van der Waals surface area contributed by atoms with Gasteiger partial charge in [-0.1, -0.05) is 49.0 Å². The third kappa shape index (κ3) is 4.46. The Morgan fingerprint density at radius 1 is 1.36 bits per heavy atom. The average Bonchev–Trinajstić information content (AvgIpc) is 3.09. The molecule has 1 aliphatic rings. The predicted molar refractivity (Wildman–Crippen MR) is 103 cm³/mol. The molecule has 1 aromatic heterocycles. The van der Waals surface area contributed by atoms with Crippen LogP contribution in [-0.4, -0.2) is 21.2 Å². The van der Waals surface area contributed by atoms with Gasteiger partial charge in [-0.3, -0.25) is 4.79 Å². The fraction of sp³-hybridized carbons (Fsp3) is 0.500. The molecule has 0 spiro atoms. The number of nitrogens with zero attached hydrogens (tertiary/aromatic N) is 2. The summed E-state index contributed by atoms with van der Waals surface area (Å²) in [6.07, 6.45) is 4.95. The molecule has 2 aromatic rings. The highest BCUT2D eigenvalue weighted by molar-refractivity contribution is 7.99. The van der Waals surface area contributed by atoms with E-state index in [1.54, 1.807) is 6.20 Å². The molecule has 1 fully saturated rings. The minimum absolute atomic E-state index is 0.0364. The smallest absolute Gasteiger partial charge is 0.230 e. The van der Waals surface area contributed by atoms with Crippen LogP contribution in [-0.2, 0) is 10.3 Å². The molecule has 1 amide bonds. The third-order valence-electron chi connectivity index (χ3n) is 4.74. The Kier molecular flexibility index (Phi) is 5.23. The molecule has 0 bridgehead atoms. The Hall–Kier alpha value is -1.75. The topological polar surface area (TPSA) is 46.9 Å². The summed E-state index contributed by atoms with van der Waals surface area (Å²) in [4.78, 5) is 17.0. The largest absolute Gasteiger partial charge is 0.348 e. The van der Waals surface area contributed by atoms with E-state index in [1.165, 1.54) is 23.7 Å². The Morgan fingerprint density at radius 2 is 2.04 bits per heavy atom. The number of nitrogens with one attached hydrogen (secondary N) is 1. The molecule has 5 heteroatoms. The van der Waals surface area contributed by atoms with Gasteiger partial charge in [-0.2, -0.15) is 0 Å². The van der Waals surface area contributed by atoms with Crippen molar-refractivity contribution in [2.24, 2.45) is 11.8 Å². The van der Waals surface area contributed by atoms with E-state index in [4.69, 9.17) is 0 Å². The zero-order valence-corrected chi connectivity index (χ0v) is 16.2. The second-order valence-electron chi connectivity index (χ2n) is 7.87. The summed E-state index contributed by atoms with van der Waals surface area (Å²) in [6, 6.07) is 10.4. The average molecular weight is 358 g/mol. The van der Waals surface area contributed by atoms with Gasteiger partial charge in [0.15, 0.2) is 5.16 Å². The summed E-state index contributed by atoms with van der Waals surface area (Å²) in [7, 11) is 0. The minimum Gasteiger partial charge on any atom is -0.348 e. The number of amides is 1. The number of hydrogen-bond acceptors (Lipinski definition) is 3. The van der Waals surface area contributed by atoms with E-state index in [0.717, 1.165) is 5.16 Å². The molecule has 1 N–H and O–H groups in total. The number of carbonyl (C=O) groups is 1. The highest BCUT2D eigenvalue weighted by Gasteiger charge is 2.40. The zero-order chi connectivity index (χ0) is 18.0.